The first-order valence-corrected chi connectivity index (χ1v) is 8.83. The summed E-state index contributed by atoms with van der Waals surface area (Å²) in [4.78, 5) is 26.2. The van der Waals surface area contributed by atoms with Gasteiger partial charge in [-0.25, -0.2) is 4.79 Å². The number of carbonyl (C=O) groups is 2. The average Bonchev–Trinajstić information content (AvgIpc) is 2.92. The first-order valence-electron chi connectivity index (χ1n) is 8.04. The quantitative estimate of drug-likeness (QED) is 0.723. The van der Waals surface area contributed by atoms with Crippen molar-refractivity contribution < 1.29 is 19.1 Å². The Hall–Kier alpha value is -1.56. The SMILES string of the molecule is COC(=O)c1cc(Br)ccc1N1CC[C@@H](CC(=O)OC(C)(C)C)C1. The Kier molecular flexibility index (Phi) is 5.91. The molecule has 6 heteroatoms. The van der Waals surface area contributed by atoms with Crippen LogP contribution in [-0.4, -0.2) is 37.7 Å². The maximum atomic E-state index is 12.0. The van der Waals surface area contributed by atoms with Crippen LogP contribution in [0.2, 0.25) is 0 Å². The molecule has 2 rings (SSSR count). The maximum Gasteiger partial charge on any atom is 0.340 e. The van der Waals surface area contributed by atoms with E-state index in [0.717, 1.165) is 29.7 Å². The smallest absolute Gasteiger partial charge is 0.340 e. The molecular weight excluding hydrogens is 374 g/mol. The van der Waals surface area contributed by atoms with Gasteiger partial charge >= 0.3 is 11.9 Å². The van der Waals surface area contributed by atoms with Gasteiger partial charge in [-0.05, 0) is 51.3 Å². The highest BCUT2D eigenvalue weighted by atomic mass is 79.9. The lowest BCUT2D eigenvalue weighted by Crippen LogP contribution is -2.26. The van der Waals surface area contributed by atoms with E-state index in [2.05, 4.69) is 20.8 Å². The van der Waals surface area contributed by atoms with Gasteiger partial charge in [-0.3, -0.25) is 4.79 Å². The van der Waals surface area contributed by atoms with Gasteiger partial charge < -0.3 is 14.4 Å². The number of ether oxygens (including phenoxy) is 2. The molecular formula is C18H24BrNO4. The highest BCUT2D eigenvalue weighted by Gasteiger charge is 2.29. The minimum Gasteiger partial charge on any atom is -0.465 e. The lowest BCUT2D eigenvalue weighted by molar-refractivity contribution is -0.155. The molecule has 0 unspecified atom stereocenters. The van der Waals surface area contributed by atoms with Crippen molar-refractivity contribution in [2.24, 2.45) is 5.92 Å². The van der Waals surface area contributed by atoms with E-state index >= 15 is 0 Å². The minimum absolute atomic E-state index is 0.168. The second-order valence-corrected chi connectivity index (χ2v) is 7.96. The highest BCUT2D eigenvalue weighted by Crippen LogP contribution is 2.31. The van der Waals surface area contributed by atoms with Crippen LogP contribution in [0.5, 0.6) is 0 Å². The number of hydrogen-bond acceptors (Lipinski definition) is 5. The lowest BCUT2D eigenvalue weighted by atomic mass is 10.0. The Morgan fingerprint density at radius 2 is 2.04 bits per heavy atom. The Labute approximate surface area is 151 Å². The van der Waals surface area contributed by atoms with E-state index in [4.69, 9.17) is 9.47 Å². The zero-order valence-electron chi connectivity index (χ0n) is 14.6. The van der Waals surface area contributed by atoms with Gasteiger partial charge in [0.25, 0.3) is 0 Å². The molecule has 0 radical (unpaired) electrons. The normalized spacial score (nSPS) is 17.7. The van der Waals surface area contributed by atoms with Gasteiger partial charge in [-0.2, -0.15) is 0 Å². The van der Waals surface area contributed by atoms with E-state index in [1.165, 1.54) is 7.11 Å². The summed E-state index contributed by atoms with van der Waals surface area (Å²) >= 11 is 3.39. The van der Waals surface area contributed by atoms with Crippen molar-refractivity contribution in [1.82, 2.24) is 0 Å². The third-order valence-corrected chi connectivity index (χ3v) is 4.36. The van der Waals surface area contributed by atoms with Crippen molar-refractivity contribution in [1.29, 1.82) is 0 Å². The third-order valence-electron chi connectivity index (χ3n) is 3.87. The molecule has 1 heterocycles. The summed E-state index contributed by atoms with van der Waals surface area (Å²) in [7, 11) is 1.38. The Morgan fingerprint density at radius 3 is 2.67 bits per heavy atom. The molecule has 1 aromatic rings. The van der Waals surface area contributed by atoms with Crippen molar-refractivity contribution in [3.8, 4) is 0 Å². The Morgan fingerprint density at radius 1 is 1.33 bits per heavy atom. The zero-order valence-corrected chi connectivity index (χ0v) is 16.2. The molecule has 0 spiro atoms. The first-order chi connectivity index (χ1) is 11.2. The molecule has 132 valence electrons. The molecule has 0 aliphatic carbocycles. The summed E-state index contributed by atoms with van der Waals surface area (Å²) in [5.74, 6) is -0.297. The molecule has 1 aliphatic rings. The van der Waals surface area contributed by atoms with Crippen molar-refractivity contribution in [3.63, 3.8) is 0 Å². The van der Waals surface area contributed by atoms with Gasteiger partial charge in [-0.1, -0.05) is 15.9 Å². The number of halogens is 1. The fourth-order valence-corrected chi connectivity index (χ4v) is 3.26. The van der Waals surface area contributed by atoms with Crippen LogP contribution in [0.4, 0.5) is 5.69 Å². The predicted octanol–water partition coefficient (Wildman–Crippen LogP) is 3.79. The van der Waals surface area contributed by atoms with Crippen LogP contribution in [0.25, 0.3) is 0 Å². The van der Waals surface area contributed by atoms with E-state index in [1.54, 1.807) is 6.07 Å². The number of nitrogens with zero attached hydrogens (tertiary/aromatic N) is 1. The molecule has 1 atom stereocenters. The van der Waals surface area contributed by atoms with Gasteiger partial charge in [0.05, 0.1) is 24.8 Å². The van der Waals surface area contributed by atoms with Crippen LogP contribution in [0.1, 0.15) is 44.0 Å². The van der Waals surface area contributed by atoms with Crippen LogP contribution in [0, 0.1) is 5.92 Å². The van der Waals surface area contributed by atoms with Crippen molar-refractivity contribution >= 4 is 33.6 Å². The summed E-state index contributed by atoms with van der Waals surface area (Å²) in [6.07, 6.45) is 1.30. The molecule has 1 saturated heterocycles. The molecule has 0 saturated carbocycles. The van der Waals surface area contributed by atoms with Crippen LogP contribution >= 0.6 is 15.9 Å². The second-order valence-electron chi connectivity index (χ2n) is 7.04. The Bertz CT molecular complexity index is 624. The van der Waals surface area contributed by atoms with Crippen molar-refractivity contribution in [2.75, 3.05) is 25.1 Å². The minimum atomic E-state index is -0.459. The molecule has 5 nitrogen and oxygen atoms in total. The number of carbonyl (C=O) groups excluding carboxylic acids is 2. The molecule has 0 N–H and O–H groups in total. The van der Waals surface area contributed by atoms with E-state index in [-0.39, 0.29) is 17.9 Å². The molecule has 24 heavy (non-hydrogen) atoms. The fraction of sp³-hybridized carbons (Fsp3) is 0.556. The summed E-state index contributed by atoms with van der Waals surface area (Å²) in [5, 5.41) is 0. The maximum absolute atomic E-state index is 12.0. The van der Waals surface area contributed by atoms with Crippen molar-refractivity contribution in [3.05, 3.63) is 28.2 Å². The number of methoxy groups -OCH3 is 1. The van der Waals surface area contributed by atoms with Gasteiger partial charge in [-0.15, -0.1) is 0 Å². The van der Waals surface area contributed by atoms with Crippen molar-refractivity contribution in [2.45, 2.75) is 39.2 Å². The van der Waals surface area contributed by atoms with Gasteiger partial charge in [0, 0.05) is 17.6 Å². The molecule has 0 bridgehead atoms. The summed E-state index contributed by atoms with van der Waals surface area (Å²) in [6, 6.07) is 5.58. The monoisotopic (exact) mass is 397 g/mol. The standard InChI is InChI=1S/C18H24BrNO4/c1-18(2,3)24-16(21)9-12-7-8-20(11-12)15-6-5-13(19)10-14(15)17(22)23-4/h5-6,10,12H,7-9,11H2,1-4H3/t12-/m0/s1. The predicted molar refractivity (Wildman–Crippen MR) is 96.3 cm³/mol. The van der Waals surface area contributed by atoms with E-state index < -0.39 is 5.60 Å². The number of hydrogen-bond donors (Lipinski definition) is 0. The zero-order chi connectivity index (χ0) is 17.9. The first kappa shape index (κ1) is 18.8. The largest absolute Gasteiger partial charge is 0.465 e. The number of esters is 2. The van der Waals surface area contributed by atoms with Gasteiger partial charge in [0.15, 0.2) is 0 Å². The second kappa shape index (κ2) is 7.55. The molecule has 1 aliphatic heterocycles. The van der Waals surface area contributed by atoms with Crippen LogP contribution in [0.3, 0.4) is 0 Å². The number of benzene rings is 1. The molecule has 0 aromatic heterocycles. The highest BCUT2D eigenvalue weighted by molar-refractivity contribution is 9.10. The molecule has 1 fully saturated rings. The van der Waals surface area contributed by atoms with Gasteiger partial charge in [0.2, 0.25) is 0 Å². The molecule has 1 aromatic carbocycles. The number of rotatable bonds is 4. The van der Waals surface area contributed by atoms with Gasteiger partial charge in [0.1, 0.15) is 5.60 Å². The number of anilines is 1. The van der Waals surface area contributed by atoms with E-state index in [9.17, 15) is 9.59 Å². The summed E-state index contributed by atoms with van der Waals surface area (Å²) < 4.78 is 11.1. The summed E-state index contributed by atoms with van der Waals surface area (Å²) in [6.45, 7) is 7.15. The van der Waals surface area contributed by atoms with Crippen LogP contribution < -0.4 is 4.90 Å². The van der Waals surface area contributed by atoms with E-state index in [1.807, 2.05) is 32.9 Å². The van der Waals surface area contributed by atoms with Crippen LogP contribution in [-0.2, 0) is 14.3 Å². The topological polar surface area (TPSA) is 55.8 Å². The molecule has 0 amide bonds. The lowest BCUT2D eigenvalue weighted by Gasteiger charge is -2.22. The average molecular weight is 398 g/mol. The van der Waals surface area contributed by atoms with Crippen LogP contribution in [0.15, 0.2) is 22.7 Å². The Balaban J connectivity index is 2.06. The fourth-order valence-electron chi connectivity index (χ4n) is 2.89. The van der Waals surface area contributed by atoms with E-state index in [0.29, 0.717) is 12.0 Å². The summed E-state index contributed by atoms with van der Waals surface area (Å²) in [5.41, 5.74) is 0.917. The third kappa shape index (κ3) is 4.97.